The van der Waals surface area contributed by atoms with Gasteiger partial charge < -0.3 is 20.3 Å². The van der Waals surface area contributed by atoms with Crippen molar-refractivity contribution in [1.82, 2.24) is 9.80 Å². The van der Waals surface area contributed by atoms with E-state index in [0.29, 0.717) is 19.4 Å². The van der Waals surface area contributed by atoms with Crippen molar-refractivity contribution in [3.05, 3.63) is 6.42 Å². The van der Waals surface area contributed by atoms with Gasteiger partial charge in [0.15, 0.2) is 5.78 Å². The van der Waals surface area contributed by atoms with Crippen LogP contribution in [0, 0.1) is 12.3 Å². The Balaban J connectivity index is 2.03. The Morgan fingerprint density at radius 2 is 2.04 bits per heavy atom. The van der Waals surface area contributed by atoms with Gasteiger partial charge in [-0.1, -0.05) is 20.3 Å². The second kappa shape index (κ2) is 8.62. The van der Waals surface area contributed by atoms with Gasteiger partial charge in [-0.15, -0.1) is 0 Å². The number of primary amides is 1. The molecule has 8 heteroatoms. The van der Waals surface area contributed by atoms with Crippen LogP contribution >= 0.6 is 0 Å². The number of ketones is 1. The zero-order chi connectivity index (χ0) is 19.4. The molecule has 145 valence electrons. The molecule has 8 nitrogen and oxygen atoms in total. The standard InChI is InChI=1S/C18H28N3O5/c1-4-5-14(26-3)18(25)21-10-13(22)16-12(21)8-9-20(16)15(23)7-6-11(2)17(19)24/h7,11-12,14,16H,4-6,8-10H2,1-3H3,(H2,19,24). The lowest BCUT2D eigenvalue weighted by molar-refractivity contribution is -0.144. The van der Waals surface area contributed by atoms with Crippen molar-refractivity contribution in [2.75, 3.05) is 20.2 Å². The van der Waals surface area contributed by atoms with Gasteiger partial charge in [0.05, 0.1) is 19.0 Å². The largest absolute Gasteiger partial charge is 0.372 e. The van der Waals surface area contributed by atoms with Gasteiger partial charge in [-0.05, 0) is 19.3 Å². The monoisotopic (exact) mass is 366 g/mol. The molecule has 2 saturated heterocycles. The molecule has 0 aromatic rings. The Kier molecular flexibility index (Phi) is 6.75. The molecule has 2 N–H and O–H groups in total. The minimum absolute atomic E-state index is 0.0131. The SMILES string of the molecule is CCCC(OC)C(=O)N1CC(=O)C2C1CCN2C(=O)[CH]CC(C)C(N)=O. The van der Waals surface area contributed by atoms with E-state index < -0.39 is 24.0 Å². The smallest absolute Gasteiger partial charge is 0.252 e. The van der Waals surface area contributed by atoms with Crippen LogP contribution in [0.2, 0.25) is 0 Å². The van der Waals surface area contributed by atoms with Gasteiger partial charge in [-0.25, -0.2) is 0 Å². The summed E-state index contributed by atoms with van der Waals surface area (Å²) in [5, 5.41) is 0. The van der Waals surface area contributed by atoms with Crippen LogP contribution in [-0.2, 0) is 23.9 Å². The van der Waals surface area contributed by atoms with Gasteiger partial charge >= 0.3 is 0 Å². The summed E-state index contributed by atoms with van der Waals surface area (Å²) in [6, 6.07) is -0.902. The molecule has 0 aromatic carbocycles. The van der Waals surface area contributed by atoms with E-state index in [9.17, 15) is 19.2 Å². The van der Waals surface area contributed by atoms with Gasteiger partial charge in [0.1, 0.15) is 12.1 Å². The van der Waals surface area contributed by atoms with Gasteiger partial charge in [0.25, 0.3) is 5.91 Å². The maximum atomic E-state index is 12.7. The van der Waals surface area contributed by atoms with Gasteiger partial charge in [-0.2, -0.15) is 0 Å². The molecule has 0 spiro atoms. The number of ether oxygens (including phenoxy) is 1. The third-order valence-electron chi connectivity index (χ3n) is 5.23. The summed E-state index contributed by atoms with van der Waals surface area (Å²) in [6.07, 6.45) is 3.05. The number of likely N-dealkylation sites (tertiary alicyclic amines) is 2. The van der Waals surface area contributed by atoms with Crippen molar-refractivity contribution in [3.63, 3.8) is 0 Å². The topological polar surface area (TPSA) is 110 Å². The van der Waals surface area contributed by atoms with Crippen molar-refractivity contribution in [3.8, 4) is 0 Å². The number of carbonyl (C=O) groups is 4. The quantitative estimate of drug-likeness (QED) is 0.645. The summed E-state index contributed by atoms with van der Waals surface area (Å²) in [7, 11) is 1.49. The van der Waals surface area contributed by atoms with Crippen LogP contribution in [0.3, 0.4) is 0 Å². The van der Waals surface area contributed by atoms with Gasteiger partial charge in [0.2, 0.25) is 11.8 Å². The molecule has 2 aliphatic rings. The van der Waals surface area contributed by atoms with Crippen molar-refractivity contribution >= 4 is 23.5 Å². The zero-order valence-electron chi connectivity index (χ0n) is 15.6. The minimum Gasteiger partial charge on any atom is -0.372 e. The lowest BCUT2D eigenvalue weighted by Gasteiger charge is -2.27. The predicted octanol–water partition coefficient (Wildman–Crippen LogP) is -0.102. The number of hydrogen-bond donors (Lipinski definition) is 1. The summed E-state index contributed by atoms with van der Waals surface area (Å²) in [4.78, 5) is 51.8. The van der Waals surface area contributed by atoms with Crippen LogP contribution in [0.25, 0.3) is 0 Å². The highest BCUT2D eigenvalue weighted by atomic mass is 16.5. The average molecular weight is 366 g/mol. The lowest BCUT2D eigenvalue weighted by Crippen LogP contribution is -2.46. The van der Waals surface area contributed by atoms with Crippen LogP contribution < -0.4 is 5.73 Å². The first-order chi connectivity index (χ1) is 12.3. The molecule has 2 heterocycles. The fourth-order valence-electron chi connectivity index (χ4n) is 3.66. The number of hydrogen-bond acceptors (Lipinski definition) is 5. The predicted molar refractivity (Wildman–Crippen MR) is 93.6 cm³/mol. The van der Waals surface area contributed by atoms with Gasteiger partial charge in [0, 0.05) is 19.6 Å². The average Bonchev–Trinajstić information content (AvgIpc) is 3.18. The third kappa shape index (κ3) is 4.06. The van der Waals surface area contributed by atoms with Crippen molar-refractivity contribution in [1.29, 1.82) is 0 Å². The Bertz CT molecular complexity index is 579. The number of methoxy groups -OCH3 is 1. The Hall–Kier alpha value is -1.96. The maximum Gasteiger partial charge on any atom is 0.252 e. The van der Waals surface area contributed by atoms with Crippen molar-refractivity contribution < 1.29 is 23.9 Å². The molecule has 26 heavy (non-hydrogen) atoms. The van der Waals surface area contributed by atoms with Crippen LogP contribution in [0.1, 0.15) is 39.5 Å². The summed E-state index contributed by atoms with van der Waals surface area (Å²) in [5.41, 5.74) is 5.21. The Morgan fingerprint density at radius 1 is 1.35 bits per heavy atom. The van der Waals surface area contributed by atoms with Crippen molar-refractivity contribution in [2.24, 2.45) is 11.7 Å². The number of rotatable bonds is 8. The van der Waals surface area contributed by atoms with E-state index in [4.69, 9.17) is 10.5 Å². The molecule has 2 fully saturated rings. The van der Waals surface area contributed by atoms with E-state index in [1.807, 2.05) is 6.92 Å². The van der Waals surface area contributed by atoms with Crippen molar-refractivity contribution in [2.45, 2.75) is 57.7 Å². The fourth-order valence-corrected chi connectivity index (χ4v) is 3.66. The molecule has 0 bridgehead atoms. The number of amides is 3. The molecule has 1 radical (unpaired) electrons. The van der Waals surface area contributed by atoms with Crippen LogP contribution in [-0.4, -0.2) is 71.7 Å². The van der Waals surface area contributed by atoms with E-state index >= 15 is 0 Å². The molecule has 4 atom stereocenters. The Labute approximate surface area is 154 Å². The number of nitrogens with two attached hydrogens (primary N) is 1. The number of carbonyl (C=O) groups excluding carboxylic acids is 4. The van der Waals surface area contributed by atoms with E-state index in [1.165, 1.54) is 18.4 Å². The zero-order valence-corrected chi connectivity index (χ0v) is 15.6. The molecular formula is C18H28N3O5. The van der Waals surface area contributed by atoms with E-state index in [0.717, 1.165) is 6.42 Å². The summed E-state index contributed by atoms with van der Waals surface area (Å²) >= 11 is 0. The fraction of sp³-hybridized carbons (Fsp3) is 0.722. The molecule has 0 aromatic heterocycles. The molecule has 4 unspecified atom stereocenters. The number of Topliss-reactive ketones (excluding diaryl/α,β-unsaturated/α-hetero) is 1. The van der Waals surface area contributed by atoms with Crippen LogP contribution in [0.4, 0.5) is 0 Å². The lowest BCUT2D eigenvalue weighted by atomic mass is 10.0. The summed E-state index contributed by atoms with van der Waals surface area (Å²) in [5.74, 6) is -1.51. The molecule has 2 rings (SSSR count). The van der Waals surface area contributed by atoms with Gasteiger partial charge in [-0.3, -0.25) is 19.2 Å². The first-order valence-electron chi connectivity index (χ1n) is 9.10. The first kappa shape index (κ1) is 20.4. The summed E-state index contributed by atoms with van der Waals surface area (Å²) < 4.78 is 5.28. The highest BCUT2D eigenvalue weighted by Gasteiger charge is 2.51. The molecular weight excluding hydrogens is 338 g/mol. The van der Waals surface area contributed by atoms with Crippen LogP contribution in [0.5, 0.6) is 0 Å². The molecule has 3 amide bonds. The van der Waals surface area contributed by atoms with E-state index in [1.54, 1.807) is 11.8 Å². The van der Waals surface area contributed by atoms with E-state index in [-0.39, 0.29) is 36.6 Å². The highest BCUT2D eigenvalue weighted by Crippen LogP contribution is 2.31. The normalized spacial score (nSPS) is 24.5. The number of nitrogens with zero attached hydrogens (tertiary/aromatic N) is 2. The highest BCUT2D eigenvalue weighted by molar-refractivity contribution is 5.99. The second-order valence-corrected chi connectivity index (χ2v) is 7.02. The molecule has 0 aliphatic carbocycles. The molecule has 0 saturated carbocycles. The third-order valence-corrected chi connectivity index (χ3v) is 5.23. The Morgan fingerprint density at radius 3 is 2.62 bits per heavy atom. The molecule has 2 aliphatic heterocycles. The van der Waals surface area contributed by atoms with E-state index in [2.05, 4.69) is 0 Å². The maximum absolute atomic E-state index is 12.7. The number of fused-ring (bicyclic) bond motifs is 1. The summed E-state index contributed by atoms with van der Waals surface area (Å²) in [6.45, 7) is 4.05. The van der Waals surface area contributed by atoms with Crippen LogP contribution in [0.15, 0.2) is 0 Å². The first-order valence-corrected chi connectivity index (χ1v) is 9.10. The second-order valence-electron chi connectivity index (χ2n) is 7.02. The minimum atomic E-state index is -0.606.